The van der Waals surface area contributed by atoms with Gasteiger partial charge >= 0.3 is 5.97 Å². The monoisotopic (exact) mass is 390 g/mol. The first-order valence-corrected chi connectivity index (χ1v) is 9.74. The van der Waals surface area contributed by atoms with E-state index in [-0.39, 0.29) is 12.1 Å². The molecular formula is C19H19ClN2O3S. The number of thiophene rings is 1. The van der Waals surface area contributed by atoms with Gasteiger partial charge in [-0.05, 0) is 24.1 Å². The molecule has 0 spiro atoms. The Kier molecular flexibility index (Phi) is 6.06. The van der Waals surface area contributed by atoms with Crippen LogP contribution < -0.4 is 5.56 Å². The molecule has 0 atom stereocenters. The van der Waals surface area contributed by atoms with Crippen LogP contribution in [0.25, 0.3) is 21.3 Å². The Morgan fingerprint density at radius 3 is 2.77 bits per heavy atom. The molecule has 0 radical (unpaired) electrons. The van der Waals surface area contributed by atoms with Gasteiger partial charge in [-0.2, -0.15) is 0 Å². The van der Waals surface area contributed by atoms with E-state index >= 15 is 0 Å². The third-order valence-electron chi connectivity index (χ3n) is 4.03. The predicted molar refractivity (Wildman–Crippen MR) is 105 cm³/mol. The zero-order chi connectivity index (χ0) is 18.5. The molecule has 0 amide bonds. The fraction of sp³-hybridized carbons (Fsp3) is 0.316. The molecule has 1 aromatic carbocycles. The summed E-state index contributed by atoms with van der Waals surface area (Å²) in [5.74, 6) is -0.423. The number of fused-ring (bicyclic) bond motifs is 1. The van der Waals surface area contributed by atoms with Crippen LogP contribution in [0, 0.1) is 0 Å². The van der Waals surface area contributed by atoms with E-state index in [0.717, 1.165) is 30.4 Å². The first kappa shape index (κ1) is 18.6. The second-order valence-electron chi connectivity index (χ2n) is 5.94. The summed E-state index contributed by atoms with van der Waals surface area (Å²) in [6.07, 6.45) is 4.31. The number of nitrogens with zero attached hydrogens (tertiary/aromatic N) is 2. The van der Waals surface area contributed by atoms with Crippen molar-refractivity contribution in [3.8, 4) is 11.1 Å². The van der Waals surface area contributed by atoms with Crippen molar-refractivity contribution in [2.45, 2.75) is 32.7 Å². The van der Waals surface area contributed by atoms with Gasteiger partial charge in [-0.1, -0.05) is 43.5 Å². The lowest BCUT2D eigenvalue weighted by atomic mass is 10.1. The van der Waals surface area contributed by atoms with E-state index in [9.17, 15) is 9.59 Å². The summed E-state index contributed by atoms with van der Waals surface area (Å²) in [7, 11) is 0. The number of rotatable bonds is 7. The van der Waals surface area contributed by atoms with Gasteiger partial charge < -0.3 is 4.74 Å². The van der Waals surface area contributed by atoms with Crippen molar-refractivity contribution >= 4 is 39.1 Å². The molecular weight excluding hydrogens is 372 g/mol. The number of hydrogen-bond donors (Lipinski definition) is 0. The quantitative estimate of drug-likeness (QED) is 0.439. The topological polar surface area (TPSA) is 61.2 Å². The second kappa shape index (κ2) is 8.47. The maximum atomic E-state index is 12.9. The molecule has 26 heavy (non-hydrogen) atoms. The maximum absolute atomic E-state index is 12.9. The molecule has 0 saturated carbocycles. The largest absolute Gasteiger partial charge is 0.464 e. The summed E-state index contributed by atoms with van der Waals surface area (Å²) in [6.45, 7) is 2.33. The average Bonchev–Trinajstić information content (AvgIpc) is 3.07. The zero-order valence-corrected chi connectivity index (χ0v) is 16.0. The molecule has 0 unspecified atom stereocenters. The van der Waals surface area contributed by atoms with Gasteiger partial charge in [0, 0.05) is 16.0 Å². The minimum absolute atomic E-state index is 0.135. The number of carbonyl (C=O) groups is 1. The molecule has 0 aliphatic carbocycles. The third kappa shape index (κ3) is 4.14. The van der Waals surface area contributed by atoms with Gasteiger partial charge in [-0.3, -0.25) is 14.2 Å². The van der Waals surface area contributed by atoms with E-state index in [4.69, 9.17) is 16.3 Å². The van der Waals surface area contributed by atoms with Crippen molar-refractivity contribution in [2.75, 3.05) is 6.61 Å². The Morgan fingerprint density at radius 2 is 2.04 bits per heavy atom. The van der Waals surface area contributed by atoms with Crippen molar-refractivity contribution < 1.29 is 9.53 Å². The molecule has 0 N–H and O–H groups in total. The number of halogens is 1. The molecule has 3 rings (SSSR count). The summed E-state index contributed by atoms with van der Waals surface area (Å²) in [4.78, 5) is 29.8. The van der Waals surface area contributed by atoms with Gasteiger partial charge in [-0.25, -0.2) is 4.98 Å². The summed E-state index contributed by atoms with van der Waals surface area (Å²) in [6, 6.07) is 7.29. The van der Waals surface area contributed by atoms with Gasteiger partial charge in [-0.15, -0.1) is 11.3 Å². The Hall–Kier alpha value is -2.18. The molecule has 136 valence electrons. The standard InChI is InChI=1S/C19H19ClN2O3S/c1-2-3-4-9-25-16(23)10-22-12-21-18-17(19(22)24)15(11-26-18)13-5-7-14(20)8-6-13/h5-8,11-12H,2-4,9-10H2,1H3. The lowest BCUT2D eigenvalue weighted by molar-refractivity contribution is -0.144. The van der Waals surface area contributed by atoms with Crippen LogP contribution in [0.15, 0.2) is 40.8 Å². The Bertz CT molecular complexity index is 963. The van der Waals surface area contributed by atoms with Crippen molar-refractivity contribution in [3.63, 3.8) is 0 Å². The van der Waals surface area contributed by atoms with Crippen molar-refractivity contribution in [1.82, 2.24) is 9.55 Å². The van der Waals surface area contributed by atoms with E-state index in [1.54, 1.807) is 12.1 Å². The van der Waals surface area contributed by atoms with Crippen LogP contribution in [0.2, 0.25) is 5.02 Å². The lowest BCUT2D eigenvalue weighted by Gasteiger charge is -2.07. The van der Waals surface area contributed by atoms with Crippen LogP contribution in [0.1, 0.15) is 26.2 Å². The molecule has 5 nitrogen and oxygen atoms in total. The fourth-order valence-electron chi connectivity index (χ4n) is 2.64. The summed E-state index contributed by atoms with van der Waals surface area (Å²) in [5, 5.41) is 3.05. The minimum atomic E-state index is -0.423. The van der Waals surface area contributed by atoms with Crippen molar-refractivity contribution in [1.29, 1.82) is 0 Å². The van der Waals surface area contributed by atoms with Gasteiger partial charge in [0.25, 0.3) is 5.56 Å². The van der Waals surface area contributed by atoms with Crippen LogP contribution >= 0.6 is 22.9 Å². The van der Waals surface area contributed by atoms with Gasteiger partial charge in [0.15, 0.2) is 0 Å². The molecule has 7 heteroatoms. The van der Waals surface area contributed by atoms with Gasteiger partial charge in [0.1, 0.15) is 11.4 Å². The number of aromatic nitrogens is 2. The number of unbranched alkanes of at least 4 members (excludes halogenated alkanes) is 2. The van der Waals surface area contributed by atoms with Crippen LogP contribution in [0.5, 0.6) is 0 Å². The normalized spacial score (nSPS) is 11.0. The SMILES string of the molecule is CCCCCOC(=O)Cn1cnc2scc(-c3ccc(Cl)cc3)c2c1=O. The van der Waals surface area contributed by atoms with E-state index < -0.39 is 5.97 Å². The van der Waals surface area contributed by atoms with Crippen LogP contribution in [-0.2, 0) is 16.1 Å². The van der Waals surface area contributed by atoms with Gasteiger partial charge in [0.2, 0.25) is 0 Å². The van der Waals surface area contributed by atoms with Gasteiger partial charge in [0.05, 0.1) is 18.3 Å². The van der Waals surface area contributed by atoms with E-state index in [1.165, 1.54) is 22.2 Å². The summed E-state index contributed by atoms with van der Waals surface area (Å²) >= 11 is 7.34. The van der Waals surface area contributed by atoms with Crippen LogP contribution in [0.3, 0.4) is 0 Å². The average molecular weight is 391 g/mol. The number of carbonyl (C=O) groups excluding carboxylic acids is 1. The Morgan fingerprint density at radius 1 is 1.27 bits per heavy atom. The lowest BCUT2D eigenvalue weighted by Crippen LogP contribution is -2.25. The number of esters is 1. The molecule has 0 saturated heterocycles. The first-order valence-electron chi connectivity index (χ1n) is 8.48. The van der Waals surface area contributed by atoms with E-state index in [2.05, 4.69) is 11.9 Å². The van der Waals surface area contributed by atoms with Crippen LogP contribution in [-0.4, -0.2) is 22.1 Å². The summed E-state index contributed by atoms with van der Waals surface area (Å²) < 4.78 is 6.49. The minimum Gasteiger partial charge on any atom is -0.464 e. The Labute approximate surface area is 160 Å². The number of benzene rings is 1. The third-order valence-corrected chi connectivity index (χ3v) is 5.16. The first-order chi connectivity index (χ1) is 12.6. The molecule has 0 aliphatic rings. The predicted octanol–water partition coefficient (Wildman–Crippen LogP) is 4.51. The summed E-state index contributed by atoms with van der Waals surface area (Å²) in [5.41, 5.74) is 1.44. The molecule has 0 aliphatic heterocycles. The van der Waals surface area contributed by atoms with Crippen LogP contribution in [0.4, 0.5) is 0 Å². The van der Waals surface area contributed by atoms with Crippen molar-refractivity contribution in [2.24, 2.45) is 0 Å². The highest BCUT2D eigenvalue weighted by Crippen LogP contribution is 2.31. The number of ether oxygens (including phenoxy) is 1. The smallest absolute Gasteiger partial charge is 0.326 e. The van der Waals surface area contributed by atoms with E-state index in [1.807, 2.05) is 17.5 Å². The molecule has 3 aromatic rings. The molecule has 0 bridgehead atoms. The zero-order valence-electron chi connectivity index (χ0n) is 14.4. The highest BCUT2D eigenvalue weighted by molar-refractivity contribution is 7.17. The molecule has 2 aromatic heterocycles. The molecule has 0 fully saturated rings. The highest BCUT2D eigenvalue weighted by atomic mass is 35.5. The highest BCUT2D eigenvalue weighted by Gasteiger charge is 2.15. The van der Waals surface area contributed by atoms with Crippen molar-refractivity contribution in [3.05, 3.63) is 51.3 Å². The maximum Gasteiger partial charge on any atom is 0.326 e. The Balaban J connectivity index is 1.86. The fourth-order valence-corrected chi connectivity index (χ4v) is 3.68. The van der Waals surface area contributed by atoms with E-state index in [0.29, 0.717) is 21.8 Å². The second-order valence-corrected chi connectivity index (χ2v) is 7.24. The molecule has 2 heterocycles. The number of hydrogen-bond acceptors (Lipinski definition) is 5.